The number of H-pyrrole nitrogens is 1. The van der Waals surface area contributed by atoms with E-state index in [0.717, 1.165) is 23.7 Å². The lowest BCUT2D eigenvalue weighted by molar-refractivity contribution is -0.129. The van der Waals surface area contributed by atoms with Crippen molar-refractivity contribution in [3.8, 4) is 0 Å². The molecule has 1 saturated heterocycles. The average Bonchev–Trinajstić information content (AvgIpc) is 2.96. The second-order valence-corrected chi connectivity index (χ2v) is 5.39. The van der Waals surface area contributed by atoms with E-state index >= 15 is 0 Å². The molecule has 2 aromatic rings. The highest BCUT2D eigenvalue weighted by Gasteiger charge is 2.23. The Morgan fingerprint density at radius 1 is 1.33 bits per heavy atom. The van der Waals surface area contributed by atoms with Gasteiger partial charge in [0.2, 0.25) is 5.91 Å². The summed E-state index contributed by atoms with van der Waals surface area (Å²) in [5.41, 5.74) is 1.37. The summed E-state index contributed by atoms with van der Waals surface area (Å²) in [6, 6.07) is 5.68. The molecule has 21 heavy (non-hydrogen) atoms. The van der Waals surface area contributed by atoms with Gasteiger partial charge in [-0.3, -0.25) is 14.7 Å². The molecule has 3 rings (SSSR count). The normalized spacial score (nSPS) is 16.1. The van der Waals surface area contributed by atoms with E-state index in [0.29, 0.717) is 18.7 Å². The molecule has 0 unspecified atom stereocenters. The van der Waals surface area contributed by atoms with Crippen LogP contribution in [0.15, 0.2) is 24.4 Å². The van der Waals surface area contributed by atoms with Gasteiger partial charge in [-0.1, -0.05) is 12.1 Å². The highest BCUT2D eigenvalue weighted by molar-refractivity contribution is 6.05. The summed E-state index contributed by atoms with van der Waals surface area (Å²) in [6.45, 7) is 2.99. The lowest BCUT2D eigenvalue weighted by atomic mass is 10.0. The Labute approximate surface area is 122 Å². The summed E-state index contributed by atoms with van der Waals surface area (Å²) in [7, 11) is 0. The van der Waals surface area contributed by atoms with Gasteiger partial charge >= 0.3 is 0 Å². The number of nitrogens with zero attached hydrogens (tertiary/aromatic N) is 2. The van der Waals surface area contributed by atoms with Crippen LogP contribution in [0.4, 0.5) is 0 Å². The minimum absolute atomic E-state index is 0.0916. The maximum Gasteiger partial charge on any atom is 0.253 e. The molecule has 1 fully saturated rings. The number of aromatic amines is 1. The number of likely N-dealkylation sites (tertiary alicyclic amines) is 1. The summed E-state index contributed by atoms with van der Waals surface area (Å²) >= 11 is 0. The second kappa shape index (κ2) is 5.55. The van der Waals surface area contributed by atoms with Crippen LogP contribution in [0, 0.1) is 0 Å². The molecule has 0 aliphatic carbocycles. The first-order valence-electron chi connectivity index (χ1n) is 7.13. The number of amides is 2. The molecule has 2 N–H and O–H groups in total. The predicted molar refractivity (Wildman–Crippen MR) is 78.8 cm³/mol. The minimum Gasteiger partial charge on any atom is -0.349 e. The molecule has 110 valence electrons. The number of carbonyl (C=O) groups is 2. The fourth-order valence-electron chi connectivity index (χ4n) is 2.76. The molecule has 2 amide bonds. The first-order valence-corrected chi connectivity index (χ1v) is 7.13. The number of rotatable bonds is 2. The van der Waals surface area contributed by atoms with Gasteiger partial charge < -0.3 is 10.2 Å². The van der Waals surface area contributed by atoms with Crippen molar-refractivity contribution in [3.63, 3.8) is 0 Å². The molecule has 2 heterocycles. The van der Waals surface area contributed by atoms with Gasteiger partial charge in [0.1, 0.15) is 0 Å². The van der Waals surface area contributed by atoms with E-state index < -0.39 is 0 Å². The Balaban J connectivity index is 1.67. The number of aromatic nitrogens is 2. The van der Waals surface area contributed by atoms with E-state index in [1.807, 2.05) is 17.0 Å². The van der Waals surface area contributed by atoms with Gasteiger partial charge in [0.05, 0.1) is 17.3 Å². The SMILES string of the molecule is CC(=O)N1CCC(NC(=O)c2cccc3cn[nH]c23)CC1. The Morgan fingerprint density at radius 3 is 2.81 bits per heavy atom. The van der Waals surface area contributed by atoms with Crippen molar-refractivity contribution in [2.24, 2.45) is 0 Å². The fraction of sp³-hybridized carbons (Fsp3) is 0.400. The van der Waals surface area contributed by atoms with Gasteiger partial charge in [-0.15, -0.1) is 0 Å². The summed E-state index contributed by atoms with van der Waals surface area (Å²) in [5, 5.41) is 10.8. The average molecular weight is 286 g/mol. The molecular formula is C15H18N4O2. The minimum atomic E-state index is -0.0916. The predicted octanol–water partition coefficient (Wildman–Crippen LogP) is 1.30. The Bertz CT molecular complexity index is 671. The third-order valence-electron chi connectivity index (χ3n) is 4.00. The Hall–Kier alpha value is -2.37. The first-order chi connectivity index (χ1) is 10.1. The smallest absolute Gasteiger partial charge is 0.253 e. The molecular weight excluding hydrogens is 268 g/mol. The van der Waals surface area contributed by atoms with Crippen molar-refractivity contribution in [1.82, 2.24) is 20.4 Å². The van der Waals surface area contributed by atoms with Crippen molar-refractivity contribution in [3.05, 3.63) is 30.0 Å². The number of hydrogen-bond donors (Lipinski definition) is 2. The zero-order valence-corrected chi connectivity index (χ0v) is 11.9. The van der Waals surface area contributed by atoms with Crippen molar-refractivity contribution >= 4 is 22.7 Å². The molecule has 6 nitrogen and oxygen atoms in total. The molecule has 6 heteroatoms. The number of hydrogen-bond acceptors (Lipinski definition) is 3. The third-order valence-corrected chi connectivity index (χ3v) is 4.00. The largest absolute Gasteiger partial charge is 0.349 e. The number of para-hydroxylation sites is 1. The lowest BCUT2D eigenvalue weighted by Gasteiger charge is -2.31. The summed E-state index contributed by atoms with van der Waals surface area (Å²) in [4.78, 5) is 25.5. The molecule has 0 radical (unpaired) electrons. The maximum atomic E-state index is 12.4. The van der Waals surface area contributed by atoms with Crippen LogP contribution in [-0.2, 0) is 4.79 Å². The molecule has 1 aromatic carbocycles. The maximum absolute atomic E-state index is 12.4. The molecule has 0 spiro atoms. The Morgan fingerprint density at radius 2 is 2.10 bits per heavy atom. The number of nitrogens with one attached hydrogen (secondary N) is 2. The highest BCUT2D eigenvalue weighted by Crippen LogP contribution is 2.17. The van der Waals surface area contributed by atoms with Crippen LogP contribution in [0.5, 0.6) is 0 Å². The van der Waals surface area contributed by atoms with Crippen LogP contribution < -0.4 is 5.32 Å². The van der Waals surface area contributed by atoms with Crippen LogP contribution >= 0.6 is 0 Å². The molecule has 1 aromatic heterocycles. The van der Waals surface area contributed by atoms with E-state index in [1.54, 1.807) is 19.2 Å². The van der Waals surface area contributed by atoms with Crippen LogP contribution in [0.1, 0.15) is 30.1 Å². The van der Waals surface area contributed by atoms with Crippen molar-refractivity contribution < 1.29 is 9.59 Å². The number of benzene rings is 1. The van der Waals surface area contributed by atoms with E-state index in [1.165, 1.54) is 0 Å². The van der Waals surface area contributed by atoms with Gasteiger partial charge in [0, 0.05) is 31.4 Å². The monoisotopic (exact) mass is 286 g/mol. The number of piperidine rings is 1. The number of carbonyl (C=O) groups excluding carboxylic acids is 2. The lowest BCUT2D eigenvalue weighted by Crippen LogP contribution is -2.46. The van der Waals surface area contributed by atoms with Crippen LogP contribution in [0.2, 0.25) is 0 Å². The molecule has 0 saturated carbocycles. The third kappa shape index (κ3) is 2.74. The summed E-state index contributed by atoms with van der Waals surface area (Å²) in [6.07, 6.45) is 3.30. The van der Waals surface area contributed by atoms with Crippen LogP contribution in [0.3, 0.4) is 0 Å². The Kier molecular flexibility index (Phi) is 3.60. The van der Waals surface area contributed by atoms with E-state index in [9.17, 15) is 9.59 Å². The van der Waals surface area contributed by atoms with Gasteiger partial charge in [-0.2, -0.15) is 5.10 Å². The van der Waals surface area contributed by atoms with Crippen molar-refractivity contribution in [1.29, 1.82) is 0 Å². The molecule has 1 aliphatic rings. The van der Waals surface area contributed by atoms with Crippen LogP contribution in [-0.4, -0.2) is 46.0 Å². The van der Waals surface area contributed by atoms with Gasteiger partial charge in [0.25, 0.3) is 5.91 Å². The van der Waals surface area contributed by atoms with Gasteiger partial charge in [-0.25, -0.2) is 0 Å². The molecule has 0 bridgehead atoms. The molecule has 1 aliphatic heterocycles. The van der Waals surface area contributed by atoms with E-state index in [4.69, 9.17) is 0 Å². The topological polar surface area (TPSA) is 78.1 Å². The van der Waals surface area contributed by atoms with Crippen molar-refractivity contribution in [2.45, 2.75) is 25.8 Å². The fourth-order valence-corrected chi connectivity index (χ4v) is 2.76. The first kappa shape index (κ1) is 13.6. The number of fused-ring (bicyclic) bond motifs is 1. The van der Waals surface area contributed by atoms with Crippen molar-refractivity contribution in [2.75, 3.05) is 13.1 Å². The van der Waals surface area contributed by atoms with Gasteiger partial charge in [-0.05, 0) is 18.9 Å². The standard InChI is InChI=1S/C15H18N4O2/c1-10(20)19-7-5-12(6-8-19)17-15(21)13-4-2-3-11-9-16-18-14(11)13/h2-4,9,12H,5-8H2,1H3,(H,16,18)(H,17,21). The summed E-state index contributed by atoms with van der Waals surface area (Å²) < 4.78 is 0. The second-order valence-electron chi connectivity index (χ2n) is 5.39. The van der Waals surface area contributed by atoms with Gasteiger partial charge in [0.15, 0.2) is 0 Å². The zero-order chi connectivity index (χ0) is 14.8. The molecule has 0 atom stereocenters. The zero-order valence-electron chi connectivity index (χ0n) is 11.9. The quantitative estimate of drug-likeness (QED) is 0.873. The van der Waals surface area contributed by atoms with E-state index in [2.05, 4.69) is 15.5 Å². The highest BCUT2D eigenvalue weighted by atomic mass is 16.2. The van der Waals surface area contributed by atoms with Crippen LogP contribution in [0.25, 0.3) is 10.9 Å². The van der Waals surface area contributed by atoms with E-state index in [-0.39, 0.29) is 17.9 Å². The summed E-state index contributed by atoms with van der Waals surface area (Å²) in [5.74, 6) is 0.00753.